The van der Waals surface area contributed by atoms with Gasteiger partial charge in [0.1, 0.15) is 0 Å². The lowest BCUT2D eigenvalue weighted by Crippen LogP contribution is -1.90. The van der Waals surface area contributed by atoms with E-state index in [9.17, 15) is 0 Å². The highest BCUT2D eigenvalue weighted by atomic mass is 32.1. The van der Waals surface area contributed by atoms with Gasteiger partial charge in [-0.1, -0.05) is 24.3 Å². The Bertz CT molecular complexity index is 1120. The van der Waals surface area contributed by atoms with Crippen molar-refractivity contribution < 1.29 is 0 Å². The number of aromatic nitrogens is 4. The molecule has 0 spiro atoms. The van der Waals surface area contributed by atoms with Crippen LogP contribution in [0.3, 0.4) is 0 Å². The van der Waals surface area contributed by atoms with Gasteiger partial charge < -0.3 is 0 Å². The van der Waals surface area contributed by atoms with E-state index in [0.29, 0.717) is 0 Å². The van der Waals surface area contributed by atoms with Gasteiger partial charge in [0, 0.05) is 52.6 Å². The number of hydrogen-bond donors (Lipinski definition) is 0. The average molecular weight is 392 g/mol. The van der Waals surface area contributed by atoms with Gasteiger partial charge in [0.05, 0.1) is 22.0 Å². The predicted octanol–water partition coefficient (Wildman–Crippen LogP) is 6.00. The molecule has 5 heterocycles. The normalized spacial score (nSPS) is 10.8. The molecule has 5 rings (SSSR count). The second-order valence-corrected chi connectivity index (χ2v) is 7.42. The van der Waals surface area contributed by atoms with Crippen molar-refractivity contribution in [1.29, 1.82) is 0 Å². The molecule has 0 amide bonds. The molecule has 0 N–H and O–H groups in total. The SMILES string of the molecule is c1ccc(-c2sc(-c3cccnc3)c(-c3ccccn3)c2-c2ccccn2)nc1. The standard InChI is InChI=1S/C24H16N4S/c1-4-13-26-18(9-1)21-22(19-10-2-5-14-27-19)24(20-11-3-6-15-28-20)29-23(21)17-8-7-12-25-16-17/h1-16H. The molecule has 5 aromatic heterocycles. The van der Waals surface area contributed by atoms with Crippen LogP contribution in [0.25, 0.3) is 43.5 Å². The van der Waals surface area contributed by atoms with Crippen LogP contribution in [0.2, 0.25) is 0 Å². The number of thiophene rings is 1. The minimum Gasteiger partial charge on any atom is -0.264 e. The summed E-state index contributed by atoms with van der Waals surface area (Å²) in [6.07, 6.45) is 9.14. The molecule has 0 atom stereocenters. The lowest BCUT2D eigenvalue weighted by atomic mass is 9.98. The summed E-state index contributed by atoms with van der Waals surface area (Å²) in [5.74, 6) is 0. The maximum atomic E-state index is 4.67. The zero-order valence-corrected chi connectivity index (χ0v) is 16.3. The monoisotopic (exact) mass is 392 g/mol. The van der Waals surface area contributed by atoms with E-state index in [2.05, 4.69) is 26.0 Å². The van der Waals surface area contributed by atoms with Crippen LogP contribution in [0.5, 0.6) is 0 Å². The Kier molecular flexibility index (Phi) is 4.64. The molecular formula is C24H16N4S. The van der Waals surface area contributed by atoms with Crippen LogP contribution in [0.1, 0.15) is 0 Å². The highest BCUT2D eigenvalue weighted by Crippen LogP contribution is 2.50. The molecule has 0 bridgehead atoms. The van der Waals surface area contributed by atoms with E-state index in [1.165, 1.54) is 0 Å². The van der Waals surface area contributed by atoms with Crippen LogP contribution in [-0.2, 0) is 0 Å². The molecule has 138 valence electrons. The summed E-state index contributed by atoms with van der Waals surface area (Å²) >= 11 is 1.70. The lowest BCUT2D eigenvalue weighted by molar-refractivity contribution is 1.30. The van der Waals surface area contributed by atoms with Crippen LogP contribution in [-0.4, -0.2) is 19.9 Å². The van der Waals surface area contributed by atoms with E-state index >= 15 is 0 Å². The zero-order chi connectivity index (χ0) is 19.5. The first-order chi connectivity index (χ1) is 14.4. The maximum Gasteiger partial charge on any atom is 0.0809 e. The Morgan fingerprint density at radius 2 is 1.10 bits per heavy atom. The molecule has 0 aliphatic carbocycles. The van der Waals surface area contributed by atoms with Gasteiger partial charge in [-0.15, -0.1) is 11.3 Å². The van der Waals surface area contributed by atoms with E-state index in [0.717, 1.165) is 43.5 Å². The van der Waals surface area contributed by atoms with Gasteiger partial charge in [0.25, 0.3) is 0 Å². The fourth-order valence-corrected chi connectivity index (χ4v) is 4.60. The Hall–Kier alpha value is -3.70. The van der Waals surface area contributed by atoms with Crippen molar-refractivity contribution in [2.75, 3.05) is 0 Å². The molecule has 0 radical (unpaired) electrons. The van der Waals surface area contributed by atoms with Crippen LogP contribution in [0, 0.1) is 0 Å². The van der Waals surface area contributed by atoms with E-state index in [4.69, 9.17) is 0 Å². The molecule has 0 saturated heterocycles. The molecule has 0 aliphatic heterocycles. The van der Waals surface area contributed by atoms with Gasteiger partial charge >= 0.3 is 0 Å². The number of rotatable bonds is 4. The first kappa shape index (κ1) is 17.4. The molecule has 4 nitrogen and oxygen atoms in total. The van der Waals surface area contributed by atoms with Gasteiger partial charge in [-0.25, -0.2) is 0 Å². The third-order valence-corrected chi connectivity index (χ3v) is 5.83. The molecule has 0 aromatic carbocycles. The molecule has 0 unspecified atom stereocenters. The number of pyridine rings is 4. The molecule has 5 aromatic rings. The third-order valence-electron chi connectivity index (χ3n) is 4.57. The largest absolute Gasteiger partial charge is 0.264 e. The lowest BCUT2D eigenvalue weighted by Gasteiger charge is -2.08. The fraction of sp³-hybridized carbons (Fsp3) is 0. The van der Waals surface area contributed by atoms with E-state index < -0.39 is 0 Å². The number of nitrogens with zero attached hydrogens (tertiary/aromatic N) is 4. The van der Waals surface area contributed by atoms with Crippen molar-refractivity contribution in [1.82, 2.24) is 19.9 Å². The quantitative estimate of drug-likeness (QED) is 0.377. The van der Waals surface area contributed by atoms with Crippen LogP contribution in [0.15, 0.2) is 97.7 Å². The van der Waals surface area contributed by atoms with E-state index in [1.54, 1.807) is 17.5 Å². The van der Waals surface area contributed by atoms with Crippen molar-refractivity contribution in [2.24, 2.45) is 0 Å². The van der Waals surface area contributed by atoms with E-state index in [1.807, 2.05) is 85.5 Å². The molecule has 0 saturated carbocycles. The Morgan fingerprint density at radius 1 is 0.517 bits per heavy atom. The van der Waals surface area contributed by atoms with Crippen molar-refractivity contribution in [3.8, 4) is 43.5 Å². The van der Waals surface area contributed by atoms with Gasteiger partial charge in [-0.2, -0.15) is 0 Å². The second-order valence-electron chi connectivity index (χ2n) is 6.40. The van der Waals surface area contributed by atoms with Crippen LogP contribution < -0.4 is 0 Å². The summed E-state index contributed by atoms with van der Waals surface area (Å²) in [5.41, 5.74) is 5.89. The summed E-state index contributed by atoms with van der Waals surface area (Å²) in [7, 11) is 0. The summed E-state index contributed by atoms with van der Waals surface area (Å²) in [6.45, 7) is 0. The van der Waals surface area contributed by atoms with Crippen molar-refractivity contribution in [3.05, 3.63) is 97.7 Å². The summed E-state index contributed by atoms with van der Waals surface area (Å²) in [6, 6.07) is 22.0. The molecule has 0 aliphatic rings. The van der Waals surface area contributed by atoms with Crippen LogP contribution >= 0.6 is 11.3 Å². The Morgan fingerprint density at radius 3 is 1.62 bits per heavy atom. The Balaban J connectivity index is 1.89. The van der Waals surface area contributed by atoms with E-state index in [-0.39, 0.29) is 0 Å². The van der Waals surface area contributed by atoms with Crippen molar-refractivity contribution in [2.45, 2.75) is 0 Å². The Labute approximate surface area is 172 Å². The van der Waals surface area contributed by atoms with Gasteiger partial charge in [0.15, 0.2) is 0 Å². The molecule has 0 fully saturated rings. The molecule has 29 heavy (non-hydrogen) atoms. The maximum absolute atomic E-state index is 4.67. The van der Waals surface area contributed by atoms with Crippen molar-refractivity contribution in [3.63, 3.8) is 0 Å². The van der Waals surface area contributed by atoms with Crippen LogP contribution in [0.4, 0.5) is 0 Å². The zero-order valence-electron chi connectivity index (χ0n) is 15.4. The highest BCUT2D eigenvalue weighted by molar-refractivity contribution is 7.20. The first-order valence-corrected chi connectivity index (χ1v) is 10.0. The fourth-order valence-electron chi connectivity index (χ4n) is 3.32. The molecular weight excluding hydrogens is 376 g/mol. The van der Waals surface area contributed by atoms with Crippen molar-refractivity contribution >= 4 is 11.3 Å². The number of hydrogen-bond acceptors (Lipinski definition) is 5. The summed E-state index contributed by atoms with van der Waals surface area (Å²) < 4.78 is 0. The second kappa shape index (κ2) is 7.73. The highest BCUT2D eigenvalue weighted by Gasteiger charge is 2.24. The van der Waals surface area contributed by atoms with Gasteiger partial charge in [0.2, 0.25) is 0 Å². The smallest absolute Gasteiger partial charge is 0.0809 e. The summed E-state index contributed by atoms with van der Waals surface area (Å²) in [5, 5.41) is 0. The van der Waals surface area contributed by atoms with Gasteiger partial charge in [-0.05, 0) is 42.5 Å². The van der Waals surface area contributed by atoms with Gasteiger partial charge in [-0.3, -0.25) is 19.9 Å². The summed E-state index contributed by atoms with van der Waals surface area (Å²) in [4.78, 5) is 20.5. The third kappa shape index (κ3) is 3.32. The molecule has 5 heteroatoms. The first-order valence-electron chi connectivity index (χ1n) is 9.23. The minimum atomic E-state index is 0.903. The predicted molar refractivity (Wildman–Crippen MR) is 117 cm³/mol. The average Bonchev–Trinajstić information content (AvgIpc) is 3.22. The topological polar surface area (TPSA) is 51.6 Å². The minimum absolute atomic E-state index is 0.903.